The van der Waals surface area contributed by atoms with Crippen molar-refractivity contribution < 1.29 is 18.3 Å². The van der Waals surface area contributed by atoms with Crippen molar-refractivity contribution in [3.63, 3.8) is 0 Å². The van der Waals surface area contributed by atoms with E-state index in [1.807, 2.05) is 20.8 Å². The summed E-state index contributed by atoms with van der Waals surface area (Å²) in [7, 11) is 0. The smallest absolute Gasteiger partial charge is 0.400 e. The Morgan fingerprint density at radius 1 is 1.14 bits per heavy atom. The Bertz CT molecular complexity index is 262. The Morgan fingerprint density at radius 2 is 1.64 bits per heavy atom. The van der Waals surface area contributed by atoms with Crippen LogP contribution in [0.15, 0.2) is 11.5 Å². The quantitative estimate of drug-likeness (QED) is 0.653. The second-order valence-electron chi connectivity index (χ2n) is 4.77. The molecule has 0 fully saturated rings. The molecule has 0 aromatic carbocycles. The van der Waals surface area contributed by atoms with Crippen LogP contribution < -0.4 is 0 Å². The average Bonchev–Trinajstić information content (AvgIpc) is 2.24. The van der Waals surface area contributed by atoms with Gasteiger partial charge in [0.25, 0.3) is 0 Å². The molecule has 0 radical (unpaired) electrons. The van der Waals surface area contributed by atoms with Crippen molar-refractivity contribution in [1.82, 2.24) is 0 Å². The zero-order valence-electron chi connectivity index (χ0n) is 9.15. The Morgan fingerprint density at radius 3 is 1.93 bits per heavy atom. The van der Waals surface area contributed by atoms with Crippen LogP contribution in [-0.4, -0.2) is 6.29 Å². The topological polar surface area (TPSA) is 18.5 Å². The van der Waals surface area contributed by atoms with Gasteiger partial charge in [-0.3, -0.25) is 0 Å². The third-order valence-electron chi connectivity index (χ3n) is 1.88. The Kier molecular flexibility index (Phi) is 2.50. The molecule has 0 aliphatic carbocycles. The SMILES string of the molecule is CC(C)C1=C(C(C)(C)C)OC(F)(F)O1. The van der Waals surface area contributed by atoms with E-state index >= 15 is 0 Å². The first-order chi connectivity index (χ1) is 6.13. The summed E-state index contributed by atoms with van der Waals surface area (Å²) in [6, 6.07) is 0. The minimum absolute atomic E-state index is 0.0994. The van der Waals surface area contributed by atoms with E-state index in [1.54, 1.807) is 13.8 Å². The highest BCUT2D eigenvalue weighted by Crippen LogP contribution is 2.44. The van der Waals surface area contributed by atoms with Crippen molar-refractivity contribution in [2.24, 2.45) is 11.3 Å². The average molecular weight is 206 g/mol. The van der Waals surface area contributed by atoms with Gasteiger partial charge in [0, 0.05) is 11.3 Å². The molecule has 0 aromatic heterocycles. The van der Waals surface area contributed by atoms with E-state index in [0.717, 1.165) is 0 Å². The Hall–Kier alpha value is -0.800. The number of ether oxygens (including phenoxy) is 2. The highest BCUT2D eigenvalue weighted by molar-refractivity contribution is 5.14. The van der Waals surface area contributed by atoms with Gasteiger partial charge in [-0.2, -0.15) is 0 Å². The molecule has 0 saturated carbocycles. The van der Waals surface area contributed by atoms with Gasteiger partial charge in [0.2, 0.25) is 0 Å². The van der Waals surface area contributed by atoms with E-state index in [0.29, 0.717) is 0 Å². The predicted octanol–water partition coefficient (Wildman–Crippen LogP) is 3.50. The maximum absolute atomic E-state index is 12.8. The fraction of sp³-hybridized carbons (Fsp3) is 0.800. The maximum Gasteiger partial charge on any atom is 0.585 e. The van der Waals surface area contributed by atoms with Crippen LogP contribution in [0.3, 0.4) is 0 Å². The molecule has 0 atom stereocenters. The van der Waals surface area contributed by atoms with E-state index in [4.69, 9.17) is 0 Å². The van der Waals surface area contributed by atoms with Gasteiger partial charge in [-0.05, 0) is 0 Å². The molecule has 0 N–H and O–H groups in total. The van der Waals surface area contributed by atoms with Crippen LogP contribution in [-0.2, 0) is 9.47 Å². The summed E-state index contributed by atoms with van der Waals surface area (Å²) in [5.41, 5.74) is -0.459. The molecule has 14 heavy (non-hydrogen) atoms. The van der Waals surface area contributed by atoms with Crippen molar-refractivity contribution >= 4 is 0 Å². The van der Waals surface area contributed by atoms with E-state index in [2.05, 4.69) is 9.47 Å². The predicted molar refractivity (Wildman–Crippen MR) is 48.4 cm³/mol. The first kappa shape index (κ1) is 11.3. The fourth-order valence-corrected chi connectivity index (χ4v) is 1.27. The zero-order valence-corrected chi connectivity index (χ0v) is 9.15. The molecule has 0 amide bonds. The molecule has 0 bridgehead atoms. The van der Waals surface area contributed by atoms with Crippen molar-refractivity contribution in [2.45, 2.75) is 40.9 Å². The van der Waals surface area contributed by atoms with Crippen LogP contribution >= 0.6 is 0 Å². The molecule has 1 aliphatic rings. The van der Waals surface area contributed by atoms with Crippen molar-refractivity contribution in [3.05, 3.63) is 11.5 Å². The number of hydrogen-bond acceptors (Lipinski definition) is 2. The third kappa shape index (κ3) is 2.16. The summed E-state index contributed by atoms with van der Waals surface area (Å²) in [6.07, 6.45) is -3.50. The summed E-state index contributed by atoms with van der Waals surface area (Å²) in [6.45, 7) is 9.04. The number of halogens is 2. The van der Waals surface area contributed by atoms with Gasteiger partial charge >= 0.3 is 6.29 Å². The first-order valence-electron chi connectivity index (χ1n) is 4.64. The van der Waals surface area contributed by atoms with Gasteiger partial charge in [0.15, 0.2) is 5.76 Å². The van der Waals surface area contributed by atoms with E-state index in [9.17, 15) is 8.78 Å². The Labute approximate surface area is 82.9 Å². The van der Waals surface area contributed by atoms with Gasteiger partial charge in [-0.1, -0.05) is 34.6 Å². The second kappa shape index (κ2) is 3.11. The van der Waals surface area contributed by atoms with Gasteiger partial charge in [-0.25, -0.2) is 0 Å². The Balaban J connectivity index is 3.03. The minimum Gasteiger partial charge on any atom is -0.400 e. The molecular formula is C10H16F2O2. The largest absolute Gasteiger partial charge is 0.585 e. The van der Waals surface area contributed by atoms with Crippen LogP contribution in [0.5, 0.6) is 0 Å². The van der Waals surface area contributed by atoms with Crippen LogP contribution in [0.25, 0.3) is 0 Å². The summed E-state index contributed by atoms with van der Waals surface area (Å²) < 4.78 is 34.7. The minimum atomic E-state index is -3.50. The summed E-state index contributed by atoms with van der Waals surface area (Å²) in [4.78, 5) is 0. The van der Waals surface area contributed by atoms with Gasteiger partial charge in [-0.15, -0.1) is 8.78 Å². The van der Waals surface area contributed by atoms with Crippen molar-refractivity contribution in [2.75, 3.05) is 0 Å². The number of alkyl halides is 2. The van der Waals surface area contributed by atoms with Crippen LogP contribution in [0.1, 0.15) is 34.6 Å². The fourth-order valence-electron chi connectivity index (χ4n) is 1.27. The molecule has 0 unspecified atom stereocenters. The molecule has 0 saturated heterocycles. The lowest BCUT2D eigenvalue weighted by Crippen LogP contribution is -2.19. The molecule has 1 aliphatic heterocycles. The third-order valence-corrected chi connectivity index (χ3v) is 1.88. The maximum atomic E-state index is 12.8. The van der Waals surface area contributed by atoms with Gasteiger partial charge < -0.3 is 9.47 Å². The molecule has 2 nitrogen and oxygen atoms in total. The number of rotatable bonds is 1. The van der Waals surface area contributed by atoms with Gasteiger partial charge in [0.05, 0.1) is 0 Å². The standard InChI is InChI=1S/C10H16F2O2/c1-6(2)7-8(9(3,4)5)14-10(11,12)13-7/h6H,1-5H3. The second-order valence-corrected chi connectivity index (χ2v) is 4.77. The molecular weight excluding hydrogens is 190 g/mol. The van der Waals surface area contributed by atoms with Gasteiger partial charge in [0.1, 0.15) is 5.76 Å². The van der Waals surface area contributed by atoms with Crippen LogP contribution in [0.2, 0.25) is 0 Å². The van der Waals surface area contributed by atoms with E-state index in [-0.39, 0.29) is 17.4 Å². The monoisotopic (exact) mass is 206 g/mol. The molecule has 0 spiro atoms. The normalized spacial score (nSPS) is 21.1. The summed E-state index contributed by atoms with van der Waals surface area (Å²) in [5, 5.41) is 0. The highest BCUT2D eigenvalue weighted by Gasteiger charge is 2.48. The van der Waals surface area contributed by atoms with Crippen LogP contribution in [0.4, 0.5) is 8.78 Å². The lowest BCUT2D eigenvalue weighted by Gasteiger charge is -2.19. The molecule has 1 rings (SSSR count). The van der Waals surface area contributed by atoms with E-state index in [1.165, 1.54) is 0 Å². The first-order valence-corrected chi connectivity index (χ1v) is 4.64. The lowest BCUT2D eigenvalue weighted by molar-refractivity contribution is -0.341. The lowest BCUT2D eigenvalue weighted by atomic mass is 9.91. The summed E-state index contributed by atoms with van der Waals surface area (Å²) in [5.74, 6) is 0.401. The number of hydrogen-bond donors (Lipinski definition) is 0. The zero-order chi connectivity index (χ0) is 11.1. The van der Waals surface area contributed by atoms with Crippen molar-refractivity contribution in [3.8, 4) is 0 Å². The van der Waals surface area contributed by atoms with Crippen LogP contribution in [0, 0.1) is 11.3 Å². The highest BCUT2D eigenvalue weighted by atomic mass is 19.3. The van der Waals surface area contributed by atoms with Crippen molar-refractivity contribution in [1.29, 1.82) is 0 Å². The molecule has 82 valence electrons. The number of allylic oxidation sites excluding steroid dienone is 2. The van der Waals surface area contributed by atoms with E-state index < -0.39 is 11.7 Å². The molecule has 0 aromatic rings. The molecule has 1 heterocycles. The summed E-state index contributed by atoms with van der Waals surface area (Å²) >= 11 is 0. The molecule has 4 heteroatoms.